The number of hydrogen-bond donors (Lipinski definition) is 0. The molecule has 0 N–H and O–H groups in total. The van der Waals surface area contributed by atoms with Gasteiger partial charge in [-0.1, -0.05) is 40.0 Å². The van der Waals surface area contributed by atoms with Crippen LogP contribution < -0.4 is 4.74 Å². The fourth-order valence-electron chi connectivity index (χ4n) is 2.87. The Hall–Kier alpha value is -2.23. The minimum atomic E-state index is -0.128. The highest BCUT2D eigenvalue weighted by Gasteiger charge is 2.18. The lowest BCUT2D eigenvalue weighted by Crippen LogP contribution is -2.20. The summed E-state index contributed by atoms with van der Waals surface area (Å²) >= 11 is 0. The Balaban J connectivity index is 2.02. The molecule has 4 heteroatoms. The van der Waals surface area contributed by atoms with Crippen LogP contribution in [-0.2, 0) is 11.2 Å². The van der Waals surface area contributed by atoms with Crippen molar-refractivity contribution in [1.82, 2.24) is 9.97 Å². The van der Waals surface area contributed by atoms with E-state index in [0.29, 0.717) is 11.6 Å². The first-order valence-corrected chi connectivity index (χ1v) is 9.30. The second-order valence-electron chi connectivity index (χ2n) is 6.38. The Morgan fingerprint density at radius 2 is 1.56 bits per heavy atom. The number of aromatic nitrogens is 2. The van der Waals surface area contributed by atoms with E-state index in [2.05, 4.69) is 30.7 Å². The Morgan fingerprint density at radius 1 is 0.960 bits per heavy atom. The molecule has 1 aromatic heterocycles. The predicted molar refractivity (Wildman–Crippen MR) is 100 cm³/mol. The Labute approximate surface area is 150 Å². The maximum atomic E-state index is 12.3. The van der Waals surface area contributed by atoms with Crippen molar-refractivity contribution in [3.63, 3.8) is 0 Å². The molecule has 0 atom stereocenters. The zero-order valence-electron chi connectivity index (χ0n) is 15.5. The standard InChI is InChI=1S/C21H28N2O2/c1-4-7-16-14-22-20(23-15-16)17-10-12-19(13-11-17)25-21(24)18(8-5-2)9-6-3/h10-15,18H,4-9H2,1-3H3. The van der Waals surface area contributed by atoms with Crippen molar-refractivity contribution in [2.75, 3.05) is 0 Å². The van der Waals surface area contributed by atoms with Crippen LogP contribution in [0.1, 0.15) is 58.4 Å². The van der Waals surface area contributed by atoms with E-state index in [-0.39, 0.29) is 11.9 Å². The molecule has 0 amide bonds. The maximum Gasteiger partial charge on any atom is 0.314 e. The summed E-state index contributed by atoms with van der Waals surface area (Å²) in [4.78, 5) is 21.1. The van der Waals surface area contributed by atoms with E-state index in [1.165, 1.54) is 0 Å². The summed E-state index contributed by atoms with van der Waals surface area (Å²) in [7, 11) is 0. The molecule has 0 bridgehead atoms. The molecule has 25 heavy (non-hydrogen) atoms. The fraction of sp³-hybridized carbons (Fsp3) is 0.476. The molecule has 1 heterocycles. The molecule has 134 valence electrons. The van der Waals surface area contributed by atoms with Crippen LogP contribution in [0.3, 0.4) is 0 Å². The van der Waals surface area contributed by atoms with Gasteiger partial charge in [0.05, 0.1) is 5.92 Å². The van der Waals surface area contributed by atoms with Crippen molar-refractivity contribution in [3.05, 3.63) is 42.2 Å². The van der Waals surface area contributed by atoms with Gasteiger partial charge in [0.25, 0.3) is 0 Å². The number of carbonyl (C=O) groups excluding carboxylic acids is 1. The van der Waals surface area contributed by atoms with Crippen LogP contribution in [0.25, 0.3) is 11.4 Å². The van der Waals surface area contributed by atoms with Crippen molar-refractivity contribution in [2.45, 2.75) is 59.3 Å². The molecule has 2 rings (SSSR count). The first-order valence-electron chi connectivity index (χ1n) is 9.30. The number of rotatable bonds is 9. The third kappa shape index (κ3) is 5.66. The van der Waals surface area contributed by atoms with Crippen LogP contribution in [0.4, 0.5) is 0 Å². The maximum absolute atomic E-state index is 12.3. The molecule has 0 saturated carbocycles. The van der Waals surface area contributed by atoms with E-state index in [9.17, 15) is 4.79 Å². The largest absolute Gasteiger partial charge is 0.426 e. The lowest BCUT2D eigenvalue weighted by Gasteiger charge is -2.14. The summed E-state index contributed by atoms with van der Waals surface area (Å²) in [6.45, 7) is 6.33. The zero-order chi connectivity index (χ0) is 18.1. The number of aryl methyl sites for hydroxylation is 1. The molecule has 0 saturated heterocycles. The minimum Gasteiger partial charge on any atom is -0.426 e. The first kappa shape index (κ1) is 19.1. The summed E-state index contributed by atoms with van der Waals surface area (Å²) in [6.07, 6.45) is 9.56. The van der Waals surface area contributed by atoms with Crippen LogP contribution in [0.5, 0.6) is 5.75 Å². The number of benzene rings is 1. The van der Waals surface area contributed by atoms with Gasteiger partial charge in [-0.05, 0) is 49.1 Å². The molecule has 0 fully saturated rings. The van der Waals surface area contributed by atoms with Gasteiger partial charge in [0, 0.05) is 18.0 Å². The third-order valence-corrected chi connectivity index (χ3v) is 4.18. The monoisotopic (exact) mass is 340 g/mol. The van der Waals surface area contributed by atoms with E-state index in [1.807, 2.05) is 36.7 Å². The van der Waals surface area contributed by atoms with Crippen LogP contribution >= 0.6 is 0 Å². The molecule has 0 aliphatic carbocycles. The van der Waals surface area contributed by atoms with Crippen molar-refractivity contribution in [3.8, 4) is 17.1 Å². The topological polar surface area (TPSA) is 52.1 Å². The van der Waals surface area contributed by atoms with Crippen LogP contribution in [0.2, 0.25) is 0 Å². The highest BCUT2D eigenvalue weighted by Crippen LogP contribution is 2.22. The number of ether oxygens (including phenoxy) is 1. The van der Waals surface area contributed by atoms with Crippen LogP contribution in [0, 0.1) is 5.92 Å². The Kier molecular flexibility index (Phi) is 7.58. The summed E-state index contributed by atoms with van der Waals surface area (Å²) in [5, 5.41) is 0. The third-order valence-electron chi connectivity index (χ3n) is 4.18. The van der Waals surface area contributed by atoms with E-state index in [0.717, 1.165) is 49.7 Å². The number of hydrogen-bond acceptors (Lipinski definition) is 4. The van der Waals surface area contributed by atoms with Crippen molar-refractivity contribution >= 4 is 5.97 Å². The summed E-state index contributed by atoms with van der Waals surface area (Å²) in [5.41, 5.74) is 2.07. The Bertz CT molecular complexity index is 645. The van der Waals surface area contributed by atoms with Gasteiger partial charge in [0.15, 0.2) is 5.82 Å². The lowest BCUT2D eigenvalue weighted by atomic mass is 9.99. The van der Waals surface area contributed by atoms with Crippen molar-refractivity contribution in [2.24, 2.45) is 5.92 Å². The van der Waals surface area contributed by atoms with E-state index < -0.39 is 0 Å². The van der Waals surface area contributed by atoms with Gasteiger partial charge in [0.2, 0.25) is 0 Å². The van der Waals surface area contributed by atoms with Crippen LogP contribution in [0.15, 0.2) is 36.7 Å². The van der Waals surface area contributed by atoms with Crippen molar-refractivity contribution < 1.29 is 9.53 Å². The number of nitrogens with zero attached hydrogens (tertiary/aromatic N) is 2. The number of carbonyl (C=O) groups is 1. The quantitative estimate of drug-likeness (QED) is 0.464. The molecular weight excluding hydrogens is 312 g/mol. The summed E-state index contributed by atoms with van der Waals surface area (Å²) in [5.74, 6) is 1.13. The number of esters is 1. The van der Waals surface area contributed by atoms with Gasteiger partial charge in [0.1, 0.15) is 5.75 Å². The highest BCUT2D eigenvalue weighted by molar-refractivity contribution is 5.75. The van der Waals surface area contributed by atoms with Crippen molar-refractivity contribution in [1.29, 1.82) is 0 Å². The van der Waals surface area contributed by atoms with E-state index >= 15 is 0 Å². The van der Waals surface area contributed by atoms with Gasteiger partial charge >= 0.3 is 5.97 Å². The van der Waals surface area contributed by atoms with Gasteiger partial charge in [-0.3, -0.25) is 4.79 Å². The molecule has 0 radical (unpaired) electrons. The first-order chi connectivity index (χ1) is 12.2. The minimum absolute atomic E-state index is 0.0101. The average molecular weight is 340 g/mol. The van der Waals surface area contributed by atoms with E-state index in [4.69, 9.17) is 4.74 Å². The summed E-state index contributed by atoms with van der Waals surface area (Å²) in [6, 6.07) is 7.41. The summed E-state index contributed by atoms with van der Waals surface area (Å²) < 4.78 is 5.54. The van der Waals surface area contributed by atoms with Crippen LogP contribution in [-0.4, -0.2) is 15.9 Å². The predicted octanol–water partition coefficient (Wildman–Crippen LogP) is 5.22. The highest BCUT2D eigenvalue weighted by atomic mass is 16.5. The molecule has 1 aromatic carbocycles. The van der Waals surface area contributed by atoms with E-state index in [1.54, 1.807) is 0 Å². The molecule has 0 unspecified atom stereocenters. The second-order valence-corrected chi connectivity index (χ2v) is 6.38. The zero-order valence-corrected chi connectivity index (χ0v) is 15.5. The molecule has 0 aliphatic heterocycles. The SMILES string of the molecule is CCCc1cnc(-c2ccc(OC(=O)C(CCC)CCC)cc2)nc1. The normalized spacial score (nSPS) is 10.9. The lowest BCUT2D eigenvalue weighted by molar-refractivity contribution is -0.139. The molecule has 4 nitrogen and oxygen atoms in total. The Morgan fingerprint density at radius 3 is 2.08 bits per heavy atom. The van der Waals surface area contributed by atoms with Gasteiger partial charge < -0.3 is 4.74 Å². The van der Waals surface area contributed by atoms with Gasteiger partial charge in [-0.2, -0.15) is 0 Å². The molecule has 0 spiro atoms. The van der Waals surface area contributed by atoms with Gasteiger partial charge in [-0.15, -0.1) is 0 Å². The molecule has 0 aliphatic rings. The smallest absolute Gasteiger partial charge is 0.314 e. The average Bonchev–Trinajstić information content (AvgIpc) is 2.63. The molecular formula is C21H28N2O2. The second kappa shape index (κ2) is 9.92. The fourth-order valence-corrected chi connectivity index (χ4v) is 2.87. The molecule has 2 aromatic rings. The van der Waals surface area contributed by atoms with Gasteiger partial charge in [-0.25, -0.2) is 9.97 Å².